The number of pyridine rings is 1. The van der Waals surface area contributed by atoms with Crippen molar-refractivity contribution >= 4 is 11.9 Å². The van der Waals surface area contributed by atoms with Gasteiger partial charge in [0, 0.05) is 30.1 Å². The third-order valence-corrected chi connectivity index (χ3v) is 6.05. The van der Waals surface area contributed by atoms with Gasteiger partial charge in [-0.05, 0) is 53.3 Å². The van der Waals surface area contributed by atoms with Crippen molar-refractivity contribution in [3.8, 4) is 22.6 Å². The molecular weight excluding hydrogens is 501 g/mol. The molecular formula is C30H36FN3O5. The molecule has 0 fully saturated rings. The van der Waals surface area contributed by atoms with E-state index in [-0.39, 0.29) is 36.6 Å². The highest BCUT2D eigenvalue weighted by atomic mass is 19.1. The van der Waals surface area contributed by atoms with Crippen LogP contribution in [0, 0.1) is 17.7 Å². The van der Waals surface area contributed by atoms with E-state index in [1.54, 1.807) is 36.7 Å². The molecule has 1 amide bonds. The van der Waals surface area contributed by atoms with E-state index in [2.05, 4.69) is 10.3 Å². The normalized spacial score (nSPS) is 11.8. The van der Waals surface area contributed by atoms with Crippen molar-refractivity contribution in [3.05, 3.63) is 77.4 Å². The van der Waals surface area contributed by atoms with Gasteiger partial charge in [-0.2, -0.15) is 0 Å². The first-order chi connectivity index (χ1) is 18.6. The number of halogens is 1. The van der Waals surface area contributed by atoms with Crippen LogP contribution in [-0.2, 0) is 22.7 Å². The summed E-state index contributed by atoms with van der Waals surface area (Å²) < 4.78 is 30.5. The average Bonchev–Trinajstić information content (AvgIpc) is 2.93. The predicted molar refractivity (Wildman–Crippen MR) is 147 cm³/mol. The molecule has 0 aliphatic carbocycles. The van der Waals surface area contributed by atoms with Crippen LogP contribution in [0.5, 0.6) is 11.5 Å². The van der Waals surface area contributed by atoms with Crippen LogP contribution in [0.25, 0.3) is 11.1 Å². The Hall–Kier alpha value is -3.98. The van der Waals surface area contributed by atoms with E-state index >= 15 is 0 Å². The summed E-state index contributed by atoms with van der Waals surface area (Å²) in [7, 11) is 1.39. The van der Waals surface area contributed by atoms with Gasteiger partial charge in [0.25, 0.3) is 5.91 Å². The molecule has 3 aromatic rings. The number of ether oxygens (including phenoxy) is 3. The van der Waals surface area contributed by atoms with Crippen molar-refractivity contribution in [1.29, 1.82) is 0 Å². The summed E-state index contributed by atoms with van der Waals surface area (Å²) in [6.07, 6.45) is 3.26. The zero-order valence-electron chi connectivity index (χ0n) is 23.0. The van der Waals surface area contributed by atoms with Crippen LogP contribution < -0.4 is 20.5 Å². The maximum Gasteiger partial charge on any atom is 0.323 e. The lowest BCUT2D eigenvalue weighted by Gasteiger charge is -2.17. The SMILES string of the molecule is COc1ccc(CNC(=O)c2cc(-c3cnccc3COC(=O)[C@@H](N)C(C)C)ccc2OCC(C)C)cc1F. The van der Waals surface area contributed by atoms with Gasteiger partial charge in [-0.3, -0.25) is 14.6 Å². The van der Waals surface area contributed by atoms with Crippen LogP contribution in [0.15, 0.2) is 54.9 Å². The van der Waals surface area contributed by atoms with Crippen LogP contribution in [0.4, 0.5) is 4.39 Å². The minimum atomic E-state index is -0.720. The van der Waals surface area contributed by atoms with E-state index in [0.717, 1.165) is 0 Å². The van der Waals surface area contributed by atoms with Gasteiger partial charge in [0.2, 0.25) is 0 Å². The molecule has 3 N–H and O–H groups in total. The molecule has 0 spiro atoms. The second kappa shape index (κ2) is 13.7. The van der Waals surface area contributed by atoms with Crippen LogP contribution in [0.1, 0.15) is 49.2 Å². The van der Waals surface area contributed by atoms with Crippen LogP contribution in [0.3, 0.4) is 0 Å². The fourth-order valence-corrected chi connectivity index (χ4v) is 3.68. The number of amides is 1. The number of benzene rings is 2. The molecule has 0 saturated heterocycles. The molecule has 39 heavy (non-hydrogen) atoms. The first-order valence-electron chi connectivity index (χ1n) is 12.8. The molecule has 1 aromatic heterocycles. The van der Waals surface area contributed by atoms with Crippen molar-refractivity contribution in [2.75, 3.05) is 13.7 Å². The highest BCUT2D eigenvalue weighted by Gasteiger charge is 2.20. The number of carbonyl (C=O) groups excluding carboxylic acids is 2. The van der Waals surface area contributed by atoms with Crippen molar-refractivity contribution in [1.82, 2.24) is 10.3 Å². The van der Waals surface area contributed by atoms with Gasteiger partial charge >= 0.3 is 5.97 Å². The van der Waals surface area contributed by atoms with Crippen molar-refractivity contribution in [2.24, 2.45) is 17.6 Å². The van der Waals surface area contributed by atoms with Gasteiger partial charge in [-0.1, -0.05) is 39.8 Å². The van der Waals surface area contributed by atoms with Gasteiger partial charge in [0.15, 0.2) is 11.6 Å². The average molecular weight is 538 g/mol. The summed E-state index contributed by atoms with van der Waals surface area (Å²) in [6.45, 7) is 8.27. The van der Waals surface area contributed by atoms with Crippen LogP contribution in [-0.4, -0.2) is 36.6 Å². The number of methoxy groups -OCH3 is 1. The molecule has 2 aromatic carbocycles. The molecule has 1 atom stereocenters. The fraction of sp³-hybridized carbons (Fsp3) is 0.367. The predicted octanol–water partition coefficient (Wildman–Crippen LogP) is 4.89. The maximum atomic E-state index is 14.1. The molecule has 1 heterocycles. The Morgan fingerprint density at radius 3 is 2.46 bits per heavy atom. The minimum Gasteiger partial charge on any atom is -0.494 e. The molecule has 208 valence electrons. The summed E-state index contributed by atoms with van der Waals surface area (Å²) in [4.78, 5) is 29.8. The number of hydrogen-bond donors (Lipinski definition) is 2. The monoisotopic (exact) mass is 537 g/mol. The number of aromatic nitrogens is 1. The summed E-state index contributed by atoms with van der Waals surface area (Å²) >= 11 is 0. The number of esters is 1. The van der Waals surface area contributed by atoms with Crippen molar-refractivity contribution in [2.45, 2.75) is 46.9 Å². The molecule has 0 unspecified atom stereocenters. The van der Waals surface area contributed by atoms with E-state index in [4.69, 9.17) is 19.9 Å². The summed E-state index contributed by atoms with van der Waals surface area (Å²) in [5, 5.41) is 2.84. The van der Waals surface area contributed by atoms with E-state index in [9.17, 15) is 14.0 Å². The first kappa shape index (κ1) is 29.6. The number of hydrogen-bond acceptors (Lipinski definition) is 7. The quantitative estimate of drug-likeness (QED) is 0.316. The Kier molecular flexibility index (Phi) is 10.4. The molecule has 3 rings (SSSR count). The minimum absolute atomic E-state index is 0.00721. The fourth-order valence-electron chi connectivity index (χ4n) is 3.68. The molecule has 8 nitrogen and oxygen atoms in total. The largest absolute Gasteiger partial charge is 0.494 e. The maximum absolute atomic E-state index is 14.1. The molecule has 9 heteroatoms. The second-order valence-corrected chi connectivity index (χ2v) is 9.98. The Bertz CT molecular complexity index is 1300. The van der Waals surface area contributed by atoms with Gasteiger partial charge < -0.3 is 25.3 Å². The van der Waals surface area contributed by atoms with Crippen LogP contribution in [0.2, 0.25) is 0 Å². The van der Waals surface area contributed by atoms with Crippen molar-refractivity contribution < 1.29 is 28.2 Å². The standard InChI is InChI=1S/C30H36FN3O5/c1-18(2)16-38-26-9-7-21(24-15-33-11-10-22(24)17-39-30(36)28(32)19(3)4)13-23(26)29(35)34-14-20-6-8-27(37-5)25(31)12-20/h6-13,15,18-19,28H,14,16-17,32H2,1-5H3,(H,34,35)/t28-/m0/s1. The second-order valence-electron chi connectivity index (χ2n) is 9.98. The third-order valence-electron chi connectivity index (χ3n) is 6.05. The number of nitrogens with one attached hydrogen (secondary N) is 1. The highest BCUT2D eigenvalue weighted by Crippen LogP contribution is 2.30. The van der Waals surface area contributed by atoms with Gasteiger partial charge in [0.05, 0.1) is 19.3 Å². The number of nitrogens with two attached hydrogens (primary N) is 1. The molecule has 0 saturated carbocycles. The molecule has 0 radical (unpaired) electrons. The first-order valence-corrected chi connectivity index (χ1v) is 12.8. The van der Waals surface area contributed by atoms with Crippen molar-refractivity contribution in [3.63, 3.8) is 0 Å². The Balaban J connectivity index is 1.87. The zero-order chi connectivity index (χ0) is 28.5. The van der Waals surface area contributed by atoms with Gasteiger partial charge in [-0.15, -0.1) is 0 Å². The van der Waals surface area contributed by atoms with E-state index in [0.29, 0.717) is 40.2 Å². The number of nitrogens with zero attached hydrogens (tertiary/aromatic N) is 1. The summed E-state index contributed by atoms with van der Waals surface area (Å²) in [5.74, 6) is -0.627. The molecule has 0 aliphatic rings. The Morgan fingerprint density at radius 1 is 1.05 bits per heavy atom. The Labute approximate surface area is 228 Å². The van der Waals surface area contributed by atoms with E-state index < -0.39 is 17.8 Å². The Morgan fingerprint density at radius 2 is 1.79 bits per heavy atom. The lowest BCUT2D eigenvalue weighted by atomic mass is 9.99. The zero-order valence-corrected chi connectivity index (χ0v) is 23.0. The third kappa shape index (κ3) is 8.00. The van der Waals surface area contributed by atoms with Gasteiger partial charge in [-0.25, -0.2) is 4.39 Å². The summed E-state index contributed by atoms with van der Waals surface area (Å²) in [6, 6.07) is 10.8. The highest BCUT2D eigenvalue weighted by molar-refractivity contribution is 5.98. The lowest BCUT2D eigenvalue weighted by Crippen LogP contribution is -2.36. The van der Waals surface area contributed by atoms with Gasteiger partial charge in [0.1, 0.15) is 18.4 Å². The van der Waals surface area contributed by atoms with Crippen LogP contribution >= 0.6 is 0 Å². The molecule has 0 bridgehead atoms. The van der Waals surface area contributed by atoms with E-state index in [1.165, 1.54) is 19.2 Å². The molecule has 0 aliphatic heterocycles. The smallest absolute Gasteiger partial charge is 0.323 e. The topological polar surface area (TPSA) is 113 Å². The number of carbonyl (C=O) groups is 2. The number of rotatable bonds is 12. The van der Waals surface area contributed by atoms with E-state index in [1.807, 2.05) is 33.8 Å². The summed E-state index contributed by atoms with van der Waals surface area (Å²) in [5.41, 5.74) is 8.92. The lowest BCUT2D eigenvalue weighted by molar-refractivity contribution is -0.147.